The molecular weight excluding hydrogens is 452 g/mol. The number of rotatable bonds is 7. The van der Waals surface area contributed by atoms with Crippen molar-refractivity contribution in [2.45, 2.75) is 19.4 Å². The molecule has 9 nitrogen and oxygen atoms in total. The summed E-state index contributed by atoms with van der Waals surface area (Å²) in [5.41, 5.74) is 6.36. The highest BCUT2D eigenvalue weighted by Gasteiger charge is 2.15. The highest BCUT2D eigenvalue weighted by atomic mass is 16.2. The molecule has 0 spiro atoms. The van der Waals surface area contributed by atoms with Crippen LogP contribution in [0.1, 0.15) is 18.4 Å². The third kappa shape index (κ3) is 5.52. The number of likely N-dealkylation sites (tertiary alicyclic amines) is 1. The predicted molar refractivity (Wildman–Crippen MR) is 142 cm³/mol. The number of aryl methyl sites for hydroxylation is 1. The molecule has 2 aromatic heterocycles. The van der Waals surface area contributed by atoms with Crippen LogP contribution in [0, 0.1) is 0 Å². The third-order valence-electron chi connectivity index (χ3n) is 6.19. The van der Waals surface area contributed by atoms with Gasteiger partial charge in [-0.05, 0) is 61.8 Å². The van der Waals surface area contributed by atoms with Crippen molar-refractivity contribution in [3.8, 4) is 22.5 Å². The molecule has 184 valence electrons. The van der Waals surface area contributed by atoms with E-state index in [1.807, 2.05) is 49.6 Å². The van der Waals surface area contributed by atoms with Crippen molar-refractivity contribution in [2.24, 2.45) is 7.05 Å². The van der Waals surface area contributed by atoms with Gasteiger partial charge in [-0.15, -0.1) is 0 Å². The van der Waals surface area contributed by atoms with Gasteiger partial charge in [-0.1, -0.05) is 24.3 Å². The number of anilines is 3. The Morgan fingerprint density at radius 1 is 1.03 bits per heavy atom. The summed E-state index contributed by atoms with van der Waals surface area (Å²) in [6, 6.07) is 17.6. The fourth-order valence-corrected chi connectivity index (χ4v) is 4.44. The monoisotopic (exact) mass is 482 g/mol. The Bertz CT molecular complexity index is 1340. The molecule has 2 amide bonds. The van der Waals surface area contributed by atoms with E-state index in [2.05, 4.69) is 49.1 Å². The second-order valence-corrected chi connectivity index (χ2v) is 8.92. The van der Waals surface area contributed by atoms with Crippen molar-refractivity contribution in [1.29, 1.82) is 0 Å². The second kappa shape index (κ2) is 10.6. The molecule has 0 aliphatic carbocycles. The number of benzene rings is 2. The van der Waals surface area contributed by atoms with Gasteiger partial charge in [-0.2, -0.15) is 5.10 Å². The van der Waals surface area contributed by atoms with Gasteiger partial charge in [0.15, 0.2) is 0 Å². The van der Waals surface area contributed by atoms with Crippen LogP contribution in [0.15, 0.2) is 67.0 Å². The van der Waals surface area contributed by atoms with Gasteiger partial charge in [-0.3, -0.25) is 9.58 Å². The minimum absolute atomic E-state index is 0.260. The smallest absolute Gasteiger partial charge is 0.318 e. The molecule has 0 saturated carbocycles. The van der Waals surface area contributed by atoms with Crippen molar-refractivity contribution >= 4 is 23.4 Å². The van der Waals surface area contributed by atoms with Gasteiger partial charge in [0.2, 0.25) is 5.95 Å². The highest BCUT2D eigenvalue weighted by molar-refractivity contribution is 5.89. The zero-order valence-electron chi connectivity index (χ0n) is 20.5. The van der Waals surface area contributed by atoms with E-state index >= 15 is 0 Å². The first-order chi connectivity index (χ1) is 17.6. The van der Waals surface area contributed by atoms with Crippen LogP contribution >= 0.6 is 0 Å². The van der Waals surface area contributed by atoms with E-state index < -0.39 is 0 Å². The fraction of sp³-hybridized carbons (Fsp3) is 0.259. The van der Waals surface area contributed by atoms with Crippen molar-refractivity contribution < 1.29 is 4.79 Å². The Morgan fingerprint density at radius 3 is 2.61 bits per heavy atom. The predicted octanol–water partition coefficient (Wildman–Crippen LogP) is 4.63. The average molecular weight is 483 g/mol. The van der Waals surface area contributed by atoms with E-state index in [1.54, 1.807) is 17.9 Å². The zero-order valence-corrected chi connectivity index (χ0v) is 20.5. The van der Waals surface area contributed by atoms with Crippen LogP contribution in [0.4, 0.5) is 22.1 Å². The molecule has 4 aromatic rings. The molecule has 36 heavy (non-hydrogen) atoms. The molecule has 1 saturated heterocycles. The van der Waals surface area contributed by atoms with E-state index in [4.69, 9.17) is 4.98 Å². The van der Waals surface area contributed by atoms with Crippen LogP contribution in [-0.4, -0.2) is 50.8 Å². The van der Waals surface area contributed by atoms with E-state index in [9.17, 15) is 4.79 Å². The van der Waals surface area contributed by atoms with Gasteiger partial charge < -0.3 is 16.0 Å². The highest BCUT2D eigenvalue weighted by Crippen LogP contribution is 2.31. The first kappa shape index (κ1) is 23.5. The molecule has 0 unspecified atom stereocenters. The first-order valence-corrected chi connectivity index (χ1v) is 12.1. The largest absolute Gasteiger partial charge is 0.341 e. The lowest BCUT2D eigenvalue weighted by Crippen LogP contribution is -2.24. The standard InChI is InChI=1S/C27H30N8O/c1-28-27(36)31-21-10-8-20(9-11-21)25-23(18-34(2)33-25)24-12-13-29-26(32-24)30-22-7-5-6-19(16-22)17-35-14-3-4-15-35/h5-13,16,18H,3-4,14-15,17H2,1-2H3,(H2,28,31,36)(H,29,30,32). The zero-order chi connectivity index (χ0) is 24.9. The molecule has 0 radical (unpaired) electrons. The molecule has 5 rings (SSSR count). The Morgan fingerprint density at radius 2 is 1.83 bits per heavy atom. The lowest BCUT2D eigenvalue weighted by atomic mass is 10.1. The number of carbonyl (C=O) groups is 1. The van der Waals surface area contributed by atoms with Gasteiger partial charge in [0, 0.05) is 55.5 Å². The van der Waals surface area contributed by atoms with Crippen LogP contribution < -0.4 is 16.0 Å². The second-order valence-electron chi connectivity index (χ2n) is 8.92. The summed E-state index contributed by atoms with van der Waals surface area (Å²) < 4.78 is 1.78. The molecule has 1 fully saturated rings. The Labute approximate surface area is 210 Å². The summed E-state index contributed by atoms with van der Waals surface area (Å²) in [5, 5.41) is 13.3. The molecule has 3 N–H and O–H groups in total. The number of hydrogen-bond donors (Lipinski definition) is 3. The SMILES string of the molecule is CNC(=O)Nc1ccc(-c2nn(C)cc2-c2ccnc(Nc3cccc(CN4CCCC4)c3)n2)cc1. The molecule has 2 aromatic carbocycles. The number of hydrogen-bond acceptors (Lipinski definition) is 6. The van der Waals surface area contributed by atoms with Gasteiger partial charge in [0.1, 0.15) is 5.69 Å². The van der Waals surface area contributed by atoms with E-state index in [0.29, 0.717) is 11.6 Å². The van der Waals surface area contributed by atoms with Crippen molar-refractivity contribution in [3.05, 3.63) is 72.6 Å². The lowest BCUT2D eigenvalue weighted by molar-refractivity contribution is 0.254. The molecule has 3 heterocycles. The van der Waals surface area contributed by atoms with Gasteiger partial charge in [0.05, 0.1) is 5.69 Å². The number of aromatic nitrogens is 4. The van der Waals surface area contributed by atoms with Crippen LogP contribution in [0.3, 0.4) is 0 Å². The van der Waals surface area contributed by atoms with Gasteiger partial charge >= 0.3 is 6.03 Å². The van der Waals surface area contributed by atoms with Crippen LogP contribution in [0.5, 0.6) is 0 Å². The van der Waals surface area contributed by atoms with Crippen LogP contribution in [0.2, 0.25) is 0 Å². The summed E-state index contributed by atoms with van der Waals surface area (Å²) in [4.78, 5) is 23.3. The van der Waals surface area contributed by atoms with Gasteiger partial charge in [0.25, 0.3) is 0 Å². The molecule has 1 aliphatic heterocycles. The maximum atomic E-state index is 11.6. The van der Waals surface area contributed by atoms with Crippen molar-refractivity contribution in [2.75, 3.05) is 30.8 Å². The number of urea groups is 1. The Balaban J connectivity index is 1.36. The summed E-state index contributed by atoms with van der Waals surface area (Å²) in [5.74, 6) is 0.533. The van der Waals surface area contributed by atoms with Crippen molar-refractivity contribution in [1.82, 2.24) is 30.0 Å². The molecular formula is C27H30N8O. The minimum Gasteiger partial charge on any atom is -0.341 e. The third-order valence-corrected chi connectivity index (χ3v) is 6.19. The maximum Gasteiger partial charge on any atom is 0.318 e. The molecule has 1 aliphatic rings. The number of nitrogens with zero attached hydrogens (tertiary/aromatic N) is 5. The first-order valence-electron chi connectivity index (χ1n) is 12.1. The topological polar surface area (TPSA) is 100 Å². The average Bonchev–Trinajstić information content (AvgIpc) is 3.54. The van der Waals surface area contributed by atoms with E-state index in [0.717, 1.165) is 34.7 Å². The molecule has 0 atom stereocenters. The Hall–Kier alpha value is -4.24. The van der Waals surface area contributed by atoms with E-state index in [1.165, 1.54) is 31.5 Å². The van der Waals surface area contributed by atoms with Gasteiger partial charge in [-0.25, -0.2) is 14.8 Å². The normalized spacial score (nSPS) is 13.5. The molecule has 0 bridgehead atoms. The summed E-state index contributed by atoms with van der Waals surface area (Å²) >= 11 is 0. The fourth-order valence-electron chi connectivity index (χ4n) is 4.44. The lowest BCUT2D eigenvalue weighted by Gasteiger charge is -2.15. The van der Waals surface area contributed by atoms with Crippen LogP contribution in [0.25, 0.3) is 22.5 Å². The summed E-state index contributed by atoms with van der Waals surface area (Å²) in [6.45, 7) is 3.31. The number of amides is 2. The summed E-state index contributed by atoms with van der Waals surface area (Å²) in [6.07, 6.45) is 6.28. The van der Waals surface area contributed by atoms with Crippen molar-refractivity contribution in [3.63, 3.8) is 0 Å². The number of carbonyl (C=O) groups excluding carboxylic acids is 1. The quantitative estimate of drug-likeness (QED) is 0.355. The van der Waals surface area contributed by atoms with E-state index in [-0.39, 0.29) is 6.03 Å². The summed E-state index contributed by atoms with van der Waals surface area (Å²) in [7, 11) is 3.47. The number of nitrogens with one attached hydrogen (secondary N) is 3. The maximum absolute atomic E-state index is 11.6. The molecule has 9 heteroatoms. The van der Waals surface area contributed by atoms with Crippen LogP contribution in [-0.2, 0) is 13.6 Å². The Kier molecular flexibility index (Phi) is 6.90. The minimum atomic E-state index is -0.260.